The van der Waals surface area contributed by atoms with Crippen LogP contribution in [0.3, 0.4) is 0 Å². The fraction of sp³-hybridized carbons (Fsp3) is 0.471. The first-order chi connectivity index (χ1) is 10.7. The lowest BCUT2D eigenvalue weighted by atomic mass is 9.79. The summed E-state index contributed by atoms with van der Waals surface area (Å²) in [7, 11) is 1.21. The van der Waals surface area contributed by atoms with Gasteiger partial charge in [0.25, 0.3) is 5.88 Å². The molecule has 1 fully saturated rings. The minimum Gasteiger partial charge on any atom is -0.479 e. The fourth-order valence-corrected chi connectivity index (χ4v) is 2.46. The summed E-state index contributed by atoms with van der Waals surface area (Å²) in [5, 5.41) is 0. The van der Waals surface area contributed by atoms with Crippen LogP contribution in [0.2, 0.25) is 0 Å². The van der Waals surface area contributed by atoms with Crippen LogP contribution < -0.4 is 10.2 Å². The summed E-state index contributed by atoms with van der Waals surface area (Å²) < 4.78 is 22.9. The molecule has 0 saturated carbocycles. The van der Waals surface area contributed by atoms with E-state index >= 15 is 0 Å². The van der Waals surface area contributed by atoms with Crippen LogP contribution in [0.15, 0.2) is 28.7 Å². The molecule has 1 aliphatic rings. The first-order valence-electron chi connectivity index (χ1n) is 7.71. The third-order valence-corrected chi connectivity index (χ3v) is 4.63. The molecule has 0 aliphatic carbocycles. The zero-order valence-corrected chi connectivity index (χ0v) is 14.5. The van der Waals surface area contributed by atoms with E-state index < -0.39 is 0 Å². The molecule has 2 heterocycles. The van der Waals surface area contributed by atoms with Crippen molar-refractivity contribution in [3.63, 3.8) is 0 Å². The van der Waals surface area contributed by atoms with Gasteiger partial charge in [0.2, 0.25) is 5.89 Å². The van der Waals surface area contributed by atoms with E-state index in [0.717, 1.165) is 11.0 Å². The van der Waals surface area contributed by atoms with Crippen LogP contribution in [-0.2, 0) is 9.31 Å². The van der Waals surface area contributed by atoms with E-state index in [4.69, 9.17) is 18.5 Å². The Balaban J connectivity index is 1.83. The van der Waals surface area contributed by atoms with E-state index in [1.165, 1.54) is 0 Å². The van der Waals surface area contributed by atoms with Gasteiger partial charge in [-0.05, 0) is 52.2 Å². The number of oxazole rings is 1. The lowest BCUT2D eigenvalue weighted by molar-refractivity contribution is 0.00578. The second kappa shape index (κ2) is 5.39. The number of benzene rings is 1. The van der Waals surface area contributed by atoms with E-state index in [1.807, 2.05) is 58.9 Å². The number of rotatable bonds is 3. The molecule has 1 aromatic carbocycles. The van der Waals surface area contributed by atoms with Crippen molar-refractivity contribution in [2.75, 3.05) is 7.11 Å². The third-order valence-electron chi connectivity index (χ3n) is 4.63. The molecule has 3 rings (SSSR count). The largest absolute Gasteiger partial charge is 0.494 e. The Hall–Kier alpha value is -1.79. The smallest absolute Gasteiger partial charge is 0.479 e. The number of aromatic nitrogens is 1. The third kappa shape index (κ3) is 2.77. The minimum atomic E-state index is -0.366. The van der Waals surface area contributed by atoms with Crippen molar-refractivity contribution < 1.29 is 18.5 Å². The van der Waals surface area contributed by atoms with Gasteiger partial charge in [0.05, 0.1) is 18.3 Å². The van der Waals surface area contributed by atoms with Crippen molar-refractivity contribution in [1.82, 2.24) is 4.98 Å². The van der Waals surface area contributed by atoms with E-state index in [9.17, 15) is 0 Å². The Bertz CT molecular complexity index is 690. The molecular formula is C17H22BNO4. The van der Waals surface area contributed by atoms with Crippen LogP contribution in [0.4, 0.5) is 0 Å². The normalized spacial score (nSPS) is 19.1. The number of hydrogen-bond donors (Lipinski definition) is 0. The summed E-state index contributed by atoms with van der Waals surface area (Å²) in [6, 6.07) is 7.85. The van der Waals surface area contributed by atoms with Crippen LogP contribution in [0.1, 0.15) is 33.5 Å². The Morgan fingerprint density at radius 2 is 1.57 bits per heavy atom. The highest BCUT2D eigenvalue weighted by Crippen LogP contribution is 2.36. The van der Waals surface area contributed by atoms with Crippen molar-refractivity contribution >= 4 is 12.6 Å². The molecule has 2 aromatic rings. The fourth-order valence-electron chi connectivity index (χ4n) is 2.46. The Morgan fingerprint density at radius 3 is 2.04 bits per heavy atom. The second-order valence-electron chi connectivity index (χ2n) is 6.79. The first kappa shape index (κ1) is 16.1. The van der Waals surface area contributed by atoms with E-state index in [1.54, 1.807) is 7.11 Å². The second-order valence-corrected chi connectivity index (χ2v) is 6.79. The Labute approximate surface area is 137 Å². The first-order valence-corrected chi connectivity index (χ1v) is 7.71. The molecule has 5 nitrogen and oxygen atoms in total. The van der Waals surface area contributed by atoms with Gasteiger partial charge in [0.15, 0.2) is 5.76 Å². The molecule has 122 valence electrons. The van der Waals surface area contributed by atoms with Crippen LogP contribution in [-0.4, -0.2) is 30.4 Å². The van der Waals surface area contributed by atoms with Gasteiger partial charge in [0.1, 0.15) is 0 Å². The zero-order chi connectivity index (χ0) is 16.8. The van der Waals surface area contributed by atoms with Crippen molar-refractivity contribution in [1.29, 1.82) is 0 Å². The maximum absolute atomic E-state index is 6.06. The lowest BCUT2D eigenvalue weighted by Crippen LogP contribution is -2.41. The number of methoxy groups -OCH3 is 1. The minimum absolute atomic E-state index is 0.344. The van der Waals surface area contributed by atoms with Gasteiger partial charge in [-0.15, -0.1) is 0 Å². The van der Waals surface area contributed by atoms with Crippen LogP contribution in [0.5, 0.6) is 5.88 Å². The van der Waals surface area contributed by atoms with Gasteiger partial charge in [0, 0.05) is 5.56 Å². The van der Waals surface area contributed by atoms with Gasteiger partial charge >= 0.3 is 7.12 Å². The van der Waals surface area contributed by atoms with E-state index in [-0.39, 0.29) is 18.3 Å². The van der Waals surface area contributed by atoms with Crippen LogP contribution in [0.25, 0.3) is 11.5 Å². The highest BCUT2D eigenvalue weighted by Gasteiger charge is 2.51. The maximum Gasteiger partial charge on any atom is 0.494 e. The van der Waals surface area contributed by atoms with Crippen molar-refractivity contribution in [2.24, 2.45) is 0 Å². The highest BCUT2D eigenvalue weighted by atomic mass is 16.7. The van der Waals surface area contributed by atoms with Crippen molar-refractivity contribution in [2.45, 2.75) is 45.8 Å². The van der Waals surface area contributed by atoms with Gasteiger partial charge in [-0.25, -0.2) is 0 Å². The monoisotopic (exact) mass is 315 g/mol. The molecule has 0 bridgehead atoms. The van der Waals surface area contributed by atoms with Crippen LogP contribution in [0, 0.1) is 6.92 Å². The molecular weight excluding hydrogens is 293 g/mol. The highest BCUT2D eigenvalue weighted by molar-refractivity contribution is 6.62. The summed E-state index contributed by atoms with van der Waals surface area (Å²) in [6.45, 7) is 10.0. The van der Waals surface area contributed by atoms with Crippen LogP contribution >= 0.6 is 0 Å². The van der Waals surface area contributed by atoms with E-state index in [2.05, 4.69) is 4.98 Å². The molecule has 1 aromatic heterocycles. The molecule has 0 amide bonds. The number of ether oxygens (including phenoxy) is 1. The SMILES string of the molecule is COc1nc(-c2ccc(B3OC(C)(C)C(C)(C)O3)cc2)oc1C. The molecule has 0 unspecified atom stereocenters. The average molecular weight is 315 g/mol. The molecule has 0 N–H and O–H groups in total. The molecule has 23 heavy (non-hydrogen) atoms. The predicted molar refractivity (Wildman–Crippen MR) is 88.9 cm³/mol. The summed E-state index contributed by atoms with van der Waals surface area (Å²) in [4.78, 5) is 4.32. The predicted octanol–water partition coefficient (Wildman–Crippen LogP) is 2.96. The lowest BCUT2D eigenvalue weighted by Gasteiger charge is -2.32. The van der Waals surface area contributed by atoms with Gasteiger partial charge in [-0.3, -0.25) is 0 Å². The molecule has 0 atom stereocenters. The topological polar surface area (TPSA) is 53.7 Å². The van der Waals surface area contributed by atoms with E-state index in [0.29, 0.717) is 17.5 Å². The maximum atomic E-state index is 6.06. The Kier molecular flexibility index (Phi) is 3.77. The number of hydrogen-bond acceptors (Lipinski definition) is 5. The molecule has 1 aliphatic heterocycles. The molecule has 0 spiro atoms. The summed E-state index contributed by atoms with van der Waals surface area (Å²) in [5.74, 6) is 1.72. The molecule has 0 radical (unpaired) electrons. The summed E-state index contributed by atoms with van der Waals surface area (Å²) in [5.41, 5.74) is 1.17. The van der Waals surface area contributed by atoms with Crippen molar-refractivity contribution in [3.05, 3.63) is 30.0 Å². The quantitative estimate of drug-likeness (QED) is 0.815. The summed E-state index contributed by atoms with van der Waals surface area (Å²) in [6.07, 6.45) is 0. The van der Waals surface area contributed by atoms with Gasteiger partial charge in [-0.2, -0.15) is 4.98 Å². The van der Waals surface area contributed by atoms with Gasteiger partial charge < -0.3 is 18.5 Å². The zero-order valence-electron chi connectivity index (χ0n) is 14.5. The standard InChI is InChI=1S/C17H22BNO4/c1-11-14(20-6)19-15(21-11)12-7-9-13(10-8-12)18-22-16(2,3)17(4,5)23-18/h7-10H,1-6H3. The molecule has 6 heteroatoms. The Morgan fingerprint density at radius 1 is 1.00 bits per heavy atom. The number of nitrogens with zero attached hydrogens (tertiary/aromatic N) is 1. The average Bonchev–Trinajstić information content (AvgIpc) is 2.96. The van der Waals surface area contributed by atoms with Crippen molar-refractivity contribution in [3.8, 4) is 17.3 Å². The molecule has 1 saturated heterocycles. The summed E-state index contributed by atoms with van der Waals surface area (Å²) >= 11 is 0. The van der Waals surface area contributed by atoms with Gasteiger partial charge in [-0.1, -0.05) is 12.1 Å². The number of aryl methyl sites for hydroxylation is 1.